The van der Waals surface area contributed by atoms with Crippen LogP contribution in [0.3, 0.4) is 0 Å². The fraction of sp³-hybridized carbons (Fsp3) is 0.211. The number of hydrogen-bond acceptors (Lipinski definition) is 4. The van der Waals surface area contributed by atoms with Crippen molar-refractivity contribution in [1.29, 1.82) is 0 Å². The number of hydrogen-bond donors (Lipinski definition) is 2. The van der Waals surface area contributed by atoms with E-state index >= 15 is 0 Å². The summed E-state index contributed by atoms with van der Waals surface area (Å²) >= 11 is 0. The lowest BCUT2D eigenvalue weighted by Crippen LogP contribution is -2.13. The van der Waals surface area contributed by atoms with Crippen LogP contribution in [0.5, 0.6) is 17.2 Å². The minimum atomic E-state index is -4.51. The molecule has 148 valence electrons. The van der Waals surface area contributed by atoms with Gasteiger partial charge in [-0.2, -0.15) is 13.2 Å². The van der Waals surface area contributed by atoms with Gasteiger partial charge in [0, 0.05) is 18.0 Å². The number of H-pyrrole nitrogens is 1. The first kappa shape index (κ1) is 19.4. The summed E-state index contributed by atoms with van der Waals surface area (Å²) in [6.07, 6.45) is -3.07. The second kappa shape index (κ2) is 7.34. The maximum Gasteiger partial charge on any atom is 0.416 e. The lowest BCUT2D eigenvalue weighted by molar-refractivity contribution is -0.137. The molecule has 0 atom stereocenters. The fourth-order valence-electron chi connectivity index (χ4n) is 2.91. The third-order valence-corrected chi connectivity index (χ3v) is 4.16. The summed E-state index contributed by atoms with van der Waals surface area (Å²) in [5.41, 5.74) is -0.101. The first-order valence-corrected chi connectivity index (χ1v) is 8.08. The summed E-state index contributed by atoms with van der Waals surface area (Å²) in [5.74, 6) is 0.368. The molecule has 0 spiro atoms. The normalized spacial score (nSPS) is 11.4. The zero-order valence-electron chi connectivity index (χ0n) is 15.2. The SMILES string of the molecule is COc1cc2[nH]cc(C(=O)Nc3cccc(C(F)(F)F)c3)c2c(OC)c1OC. The number of nitrogens with one attached hydrogen (secondary N) is 2. The van der Waals surface area contributed by atoms with Crippen molar-refractivity contribution in [3.05, 3.63) is 47.7 Å². The van der Waals surface area contributed by atoms with E-state index in [1.807, 2.05) is 0 Å². The molecule has 3 aromatic rings. The molecule has 0 fully saturated rings. The zero-order valence-corrected chi connectivity index (χ0v) is 15.2. The summed E-state index contributed by atoms with van der Waals surface area (Å²) in [6.45, 7) is 0. The highest BCUT2D eigenvalue weighted by atomic mass is 19.4. The standard InChI is InChI=1S/C19H17F3N2O4/c1-26-14-8-13-15(17(28-3)16(14)27-2)12(9-23-13)18(25)24-11-6-4-5-10(7-11)19(20,21)22/h4-9,23H,1-3H3,(H,24,25). The van der Waals surface area contributed by atoms with Crippen LogP contribution in [0.4, 0.5) is 18.9 Å². The van der Waals surface area contributed by atoms with Crippen LogP contribution in [0.2, 0.25) is 0 Å². The van der Waals surface area contributed by atoms with Crippen LogP contribution in [0, 0.1) is 0 Å². The van der Waals surface area contributed by atoms with Crippen molar-refractivity contribution >= 4 is 22.5 Å². The van der Waals surface area contributed by atoms with Gasteiger partial charge < -0.3 is 24.5 Å². The van der Waals surface area contributed by atoms with Gasteiger partial charge in [0.2, 0.25) is 5.75 Å². The van der Waals surface area contributed by atoms with Gasteiger partial charge in [-0.15, -0.1) is 0 Å². The van der Waals surface area contributed by atoms with Gasteiger partial charge in [0.15, 0.2) is 11.5 Å². The highest BCUT2D eigenvalue weighted by Crippen LogP contribution is 2.44. The Labute approximate surface area is 158 Å². The van der Waals surface area contributed by atoms with E-state index in [-0.39, 0.29) is 17.0 Å². The number of fused-ring (bicyclic) bond motifs is 1. The predicted molar refractivity (Wildman–Crippen MR) is 97.4 cm³/mol. The number of halogens is 3. The number of methoxy groups -OCH3 is 3. The van der Waals surface area contributed by atoms with Gasteiger partial charge in [-0.25, -0.2) is 0 Å². The number of benzene rings is 2. The van der Waals surface area contributed by atoms with E-state index in [0.29, 0.717) is 22.4 Å². The number of alkyl halides is 3. The van der Waals surface area contributed by atoms with Crippen LogP contribution in [0.1, 0.15) is 15.9 Å². The quantitative estimate of drug-likeness (QED) is 0.670. The summed E-state index contributed by atoms with van der Waals surface area (Å²) in [4.78, 5) is 15.7. The van der Waals surface area contributed by atoms with Crippen LogP contribution in [0.15, 0.2) is 36.5 Å². The lowest BCUT2D eigenvalue weighted by Gasteiger charge is -2.14. The van der Waals surface area contributed by atoms with Gasteiger partial charge in [-0.3, -0.25) is 4.79 Å². The molecule has 28 heavy (non-hydrogen) atoms. The number of carbonyl (C=O) groups is 1. The van der Waals surface area contributed by atoms with E-state index in [2.05, 4.69) is 10.3 Å². The molecule has 0 aliphatic carbocycles. The van der Waals surface area contributed by atoms with Gasteiger partial charge in [-0.05, 0) is 18.2 Å². The Hall–Kier alpha value is -3.36. The van der Waals surface area contributed by atoms with E-state index in [1.165, 1.54) is 39.7 Å². The molecule has 1 aromatic heterocycles. The third-order valence-electron chi connectivity index (χ3n) is 4.16. The van der Waals surface area contributed by atoms with Gasteiger partial charge in [0.1, 0.15) is 0 Å². The summed E-state index contributed by atoms with van der Waals surface area (Å²) in [6, 6.07) is 6.04. The number of carbonyl (C=O) groups excluding carboxylic acids is 1. The fourth-order valence-corrected chi connectivity index (χ4v) is 2.91. The van der Waals surface area contributed by atoms with E-state index < -0.39 is 17.6 Å². The van der Waals surface area contributed by atoms with Crippen LogP contribution in [0.25, 0.3) is 10.9 Å². The molecule has 0 bridgehead atoms. The Kier molecular flexibility index (Phi) is 5.08. The first-order valence-electron chi connectivity index (χ1n) is 8.08. The topological polar surface area (TPSA) is 72.6 Å². The van der Waals surface area contributed by atoms with Crippen molar-refractivity contribution in [1.82, 2.24) is 4.98 Å². The summed E-state index contributed by atoms with van der Waals surface area (Å²) in [7, 11) is 4.31. The molecule has 2 N–H and O–H groups in total. The van der Waals surface area contributed by atoms with Crippen molar-refractivity contribution in [2.75, 3.05) is 26.6 Å². The molecule has 1 heterocycles. The zero-order chi connectivity index (χ0) is 20.5. The average Bonchev–Trinajstić information content (AvgIpc) is 3.09. The molecule has 2 aromatic carbocycles. The molecule has 0 aliphatic heterocycles. The van der Waals surface area contributed by atoms with Crippen molar-refractivity contribution < 1.29 is 32.2 Å². The lowest BCUT2D eigenvalue weighted by atomic mass is 10.1. The Morgan fingerprint density at radius 3 is 2.36 bits per heavy atom. The van der Waals surface area contributed by atoms with E-state index in [1.54, 1.807) is 6.07 Å². The molecule has 0 unspecified atom stereocenters. The second-order valence-corrected chi connectivity index (χ2v) is 5.80. The third kappa shape index (κ3) is 3.42. The minimum absolute atomic E-state index is 0.0219. The predicted octanol–water partition coefficient (Wildman–Crippen LogP) is 4.46. The van der Waals surface area contributed by atoms with E-state index in [4.69, 9.17) is 14.2 Å². The number of aromatic nitrogens is 1. The molecule has 1 amide bonds. The molecule has 3 rings (SSSR count). The van der Waals surface area contributed by atoms with Crippen molar-refractivity contribution in [3.63, 3.8) is 0 Å². The first-order chi connectivity index (χ1) is 13.3. The van der Waals surface area contributed by atoms with Crippen molar-refractivity contribution in [2.24, 2.45) is 0 Å². The Balaban J connectivity index is 2.03. The molecular weight excluding hydrogens is 377 g/mol. The molecule has 0 saturated carbocycles. The maximum absolute atomic E-state index is 12.9. The molecule has 0 radical (unpaired) electrons. The number of amides is 1. The van der Waals surface area contributed by atoms with E-state index in [0.717, 1.165) is 12.1 Å². The Bertz CT molecular complexity index is 1030. The highest BCUT2D eigenvalue weighted by Gasteiger charge is 2.30. The number of aromatic amines is 1. The molecular formula is C19H17F3N2O4. The van der Waals surface area contributed by atoms with Gasteiger partial charge in [0.25, 0.3) is 5.91 Å². The summed E-state index contributed by atoms with van der Waals surface area (Å²) in [5, 5.41) is 2.90. The average molecular weight is 394 g/mol. The Morgan fingerprint density at radius 1 is 1.04 bits per heavy atom. The van der Waals surface area contributed by atoms with E-state index in [9.17, 15) is 18.0 Å². The van der Waals surface area contributed by atoms with Crippen LogP contribution < -0.4 is 19.5 Å². The Morgan fingerprint density at radius 2 is 1.75 bits per heavy atom. The van der Waals surface area contributed by atoms with Crippen molar-refractivity contribution in [2.45, 2.75) is 6.18 Å². The maximum atomic E-state index is 12.9. The smallest absolute Gasteiger partial charge is 0.416 e. The number of ether oxygens (including phenoxy) is 3. The van der Waals surface area contributed by atoms with Gasteiger partial charge in [0.05, 0.1) is 43.4 Å². The molecule has 9 heteroatoms. The second-order valence-electron chi connectivity index (χ2n) is 5.80. The summed E-state index contributed by atoms with van der Waals surface area (Å²) < 4.78 is 54.6. The largest absolute Gasteiger partial charge is 0.493 e. The van der Waals surface area contributed by atoms with Crippen LogP contribution in [-0.4, -0.2) is 32.2 Å². The monoisotopic (exact) mass is 394 g/mol. The van der Waals surface area contributed by atoms with Gasteiger partial charge >= 0.3 is 6.18 Å². The molecule has 0 saturated heterocycles. The minimum Gasteiger partial charge on any atom is -0.493 e. The molecule has 6 nitrogen and oxygen atoms in total. The highest BCUT2D eigenvalue weighted by molar-refractivity contribution is 6.15. The van der Waals surface area contributed by atoms with Gasteiger partial charge in [-0.1, -0.05) is 6.07 Å². The number of rotatable bonds is 5. The molecule has 0 aliphatic rings. The van der Waals surface area contributed by atoms with Crippen molar-refractivity contribution in [3.8, 4) is 17.2 Å². The number of anilines is 1. The van der Waals surface area contributed by atoms with Crippen LogP contribution >= 0.6 is 0 Å². The van der Waals surface area contributed by atoms with Crippen LogP contribution in [-0.2, 0) is 6.18 Å².